The summed E-state index contributed by atoms with van der Waals surface area (Å²) in [4.78, 5) is 7.27. The van der Waals surface area contributed by atoms with Crippen LogP contribution in [0, 0.1) is 5.92 Å². The summed E-state index contributed by atoms with van der Waals surface area (Å²) in [6.07, 6.45) is 6.36. The summed E-state index contributed by atoms with van der Waals surface area (Å²) >= 11 is 0. The molecule has 0 aromatic heterocycles. The van der Waals surface area contributed by atoms with Gasteiger partial charge in [-0.15, -0.1) is 0 Å². The molecule has 0 aromatic carbocycles. The van der Waals surface area contributed by atoms with Crippen molar-refractivity contribution in [3.8, 4) is 0 Å². The Morgan fingerprint density at radius 1 is 1.12 bits per heavy atom. The molecule has 0 radical (unpaired) electrons. The van der Waals surface area contributed by atoms with Gasteiger partial charge in [-0.25, -0.2) is 0 Å². The minimum atomic E-state index is -0.596. The Balaban J connectivity index is 1.97. The normalized spacial score (nSPS) is 22.6. The SMILES string of the molecule is CCNC(=NCC1(O)CCCC1)NCC(C(CC)CC)N1CCOCC1. The zero-order chi connectivity index (χ0) is 18.8. The molecule has 0 spiro atoms. The Hall–Kier alpha value is -0.850. The molecule has 0 aromatic rings. The minimum absolute atomic E-state index is 0.493. The Bertz CT molecular complexity index is 414. The van der Waals surface area contributed by atoms with Crippen LogP contribution in [0.3, 0.4) is 0 Å². The van der Waals surface area contributed by atoms with Crippen LogP contribution in [0.5, 0.6) is 0 Å². The summed E-state index contributed by atoms with van der Waals surface area (Å²) in [6.45, 7) is 12.6. The largest absolute Gasteiger partial charge is 0.388 e. The molecule has 1 unspecified atom stereocenters. The van der Waals surface area contributed by atoms with Crippen LogP contribution in [0.2, 0.25) is 0 Å². The lowest BCUT2D eigenvalue weighted by Gasteiger charge is -2.39. The van der Waals surface area contributed by atoms with Crippen molar-refractivity contribution in [3.05, 3.63) is 0 Å². The van der Waals surface area contributed by atoms with Crippen LogP contribution in [-0.2, 0) is 4.74 Å². The summed E-state index contributed by atoms with van der Waals surface area (Å²) in [7, 11) is 0. The van der Waals surface area contributed by atoms with Crippen LogP contribution < -0.4 is 10.6 Å². The summed E-state index contributed by atoms with van der Waals surface area (Å²) in [5, 5.41) is 17.5. The number of rotatable bonds is 9. The first kappa shape index (κ1) is 21.5. The standard InChI is InChI=1S/C20H40N4O2/c1-4-17(5-2)18(24-11-13-26-14-12-24)15-22-19(21-6-3)23-16-20(25)9-7-8-10-20/h17-18,25H,4-16H2,1-3H3,(H2,21,22,23). The third-order valence-electron chi connectivity index (χ3n) is 6.00. The molecule has 26 heavy (non-hydrogen) atoms. The molecule has 6 heteroatoms. The fourth-order valence-electron chi connectivity index (χ4n) is 4.30. The van der Waals surface area contributed by atoms with E-state index in [0.717, 1.165) is 71.0 Å². The molecule has 152 valence electrons. The molecule has 3 N–H and O–H groups in total. The minimum Gasteiger partial charge on any atom is -0.388 e. The van der Waals surface area contributed by atoms with Crippen LogP contribution in [0.4, 0.5) is 0 Å². The molecule has 0 amide bonds. The van der Waals surface area contributed by atoms with Gasteiger partial charge in [0, 0.05) is 32.2 Å². The third-order valence-corrected chi connectivity index (χ3v) is 6.00. The van der Waals surface area contributed by atoms with Gasteiger partial charge in [0.1, 0.15) is 0 Å². The van der Waals surface area contributed by atoms with E-state index in [2.05, 4.69) is 36.3 Å². The van der Waals surface area contributed by atoms with Gasteiger partial charge in [0.05, 0.1) is 25.4 Å². The van der Waals surface area contributed by atoms with Gasteiger partial charge >= 0.3 is 0 Å². The molecule has 2 rings (SSSR count). The molecule has 1 aliphatic carbocycles. The van der Waals surface area contributed by atoms with Crippen LogP contribution in [-0.4, -0.2) is 73.5 Å². The summed E-state index contributed by atoms with van der Waals surface area (Å²) in [5.74, 6) is 1.50. The van der Waals surface area contributed by atoms with E-state index in [1.807, 2.05) is 0 Å². The summed E-state index contributed by atoms with van der Waals surface area (Å²) < 4.78 is 5.54. The van der Waals surface area contributed by atoms with Crippen molar-refractivity contribution in [2.24, 2.45) is 10.9 Å². The number of aliphatic imine (C=N–C) groups is 1. The number of aliphatic hydroxyl groups is 1. The highest BCUT2D eigenvalue weighted by Crippen LogP contribution is 2.29. The van der Waals surface area contributed by atoms with Crippen molar-refractivity contribution in [2.75, 3.05) is 45.9 Å². The first-order chi connectivity index (χ1) is 12.6. The van der Waals surface area contributed by atoms with Crippen LogP contribution in [0.25, 0.3) is 0 Å². The van der Waals surface area contributed by atoms with E-state index in [9.17, 15) is 5.11 Å². The molecule has 1 heterocycles. The van der Waals surface area contributed by atoms with E-state index in [0.29, 0.717) is 18.5 Å². The van der Waals surface area contributed by atoms with Crippen molar-refractivity contribution < 1.29 is 9.84 Å². The van der Waals surface area contributed by atoms with Crippen molar-refractivity contribution in [1.82, 2.24) is 15.5 Å². The third kappa shape index (κ3) is 6.39. The Kier molecular flexibility index (Phi) is 9.16. The molecule has 0 bridgehead atoms. The zero-order valence-electron chi connectivity index (χ0n) is 17.1. The van der Waals surface area contributed by atoms with E-state index in [1.165, 1.54) is 12.8 Å². The monoisotopic (exact) mass is 368 g/mol. The highest BCUT2D eigenvalue weighted by atomic mass is 16.5. The highest BCUT2D eigenvalue weighted by Gasteiger charge is 2.31. The topological polar surface area (TPSA) is 69.1 Å². The average Bonchev–Trinajstić information content (AvgIpc) is 3.10. The second kappa shape index (κ2) is 11.1. The molecule has 1 aliphatic heterocycles. The Morgan fingerprint density at radius 3 is 2.35 bits per heavy atom. The van der Waals surface area contributed by atoms with Gasteiger partial charge in [-0.2, -0.15) is 0 Å². The first-order valence-electron chi connectivity index (χ1n) is 10.7. The second-order valence-electron chi connectivity index (χ2n) is 7.80. The Labute approximate surface area is 159 Å². The molecule has 2 fully saturated rings. The van der Waals surface area contributed by atoms with Gasteiger partial charge in [0.25, 0.3) is 0 Å². The number of guanidine groups is 1. The Morgan fingerprint density at radius 2 is 1.77 bits per heavy atom. The fourth-order valence-corrected chi connectivity index (χ4v) is 4.30. The predicted octanol–water partition coefficient (Wildman–Crippen LogP) is 1.98. The highest BCUT2D eigenvalue weighted by molar-refractivity contribution is 5.79. The number of hydrogen-bond donors (Lipinski definition) is 3. The average molecular weight is 369 g/mol. The van der Waals surface area contributed by atoms with Crippen LogP contribution in [0.1, 0.15) is 59.3 Å². The quantitative estimate of drug-likeness (QED) is 0.429. The van der Waals surface area contributed by atoms with Crippen molar-refractivity contribution in [1.29, 1.82) is 0 Å². The first-order valence-corrected chi connectivity index (χ1v) is 10.7. The lowest BCUT2D eigenvalue weighted by Crippen LogP contribution is -2.53. The summed E-state index contributed by atoms with van der Waals surface area (Å²) in [5.41, 5.74) is -0.596. The van der Waals surface area contributed by atoms with Crippen LogP contribution in [0.15, 0.2) is 4.99 Å². The van der Waals surface area contributed by atoms with Gasteiger partial charge in [-0.1, -0.05) is 39.5 Å². The lowest BCUT2D eigenvalue weighted by atomic mass is 9.92. The molecular formula is C20H40N4O2. The smallest absolute Gasteiger partial charge is 0.191 e. The van der Waals surface area contributed by atoms with Crippen molar-refractivity contribution >= 4 is 5.96 Å². The number of hydrogen-bond acceptors (Lipinski definition) is 4. The maximum atomic E-state index is 10.6. The molecular weight excluding hydrogens is 328 g/mol. The fraction of sp³-hybridized carbons (Fsp3) is 0.950. The second-order valence-corrected chi connectivity index (χ2v) is 7.80. The van der Waals surface area contributed by atoms with Crippen molar-refractivity contribution in [3.63, 3.8) is 0 Å². The van der Waals surface area contributed by atoms with E-state index in [-0.39, 0.29) is 0 Å². The van der Waals surface area contributed by atoms with Gasteiger partial charge in [0.15, 0.2) is 5.96 Å². The molecule has 1 saturated carbocycles. The van der Waals surface area contributed by atoms with Gasteiger partial charge in [-0.3, -0.25) is 9.89 Å². The van der Waals surface area contributed by atoms with E-state index in [4.69, 9.17) is 9.73 Å². The zero-order valence-corrected chi connectivity index (χ0v) is 17.1. The number of morpholine rings is 1. The van der Waals surface area contributed by atoms with Gasteiger partial charge in [-0.05, 0) is 25.7 Å². The van der Waals surface area contributed by atoms with Gasteiger partial charge in [0.2, 0.25) is 0 Å². The van der Waals surface area contributed by atoms with Crippen LogP contribution >= 0.6 is 0 Å². The molecule has 2 aliphatic rings. The predicted molar refractivity (Wildman–Crippen MR) is 108 cm³/mol. The number of nitrogens with zero attached hydrogens (tertiary/aromatic N) is 2. The maximum absolute atomic E-state index is 10.6. The molecule has 1 atom stereocenters. The molecule has 1 saturated heterocycles. The van der Waals surface area contributed by atoms with E-state index >= 15 is 0 Å². The van der Waals surface area contributed by atoms with E-state index in [1.54, 1.807) is 0 Å². The van der Waals surface area contributed by atoms with Gasteiger partial charge < -0.3 is 20.5 Å². The van der Waals surface area contributed by atoms with Crippen molar-refractivity contribution in [2.45, 2.75) is 70.9 Å². The number of nitrogens with one attached hydrogen (secondary N) is 2. The summed E-state index contributed by atoms with van der Waals surface area (Å²) in [6, 6.07) is 0.493. The number of ether oxygens (including phenoxy) is 1. The molecule has 6 nitrogen and oxygen atoms in total. The maximum Gasteiger partial charge on any atom is 0.191 e. The lowest BCUT2D eigenvalue weighted by molar-refractivity contribution is 0.00270. The van der Waals surface area contributed by atoms with E-state index < -0.39 is 5.60 Å².